The van der Waals surface area contributed by atoms with Crippen LogP contribution in [-0.4, -0.2) is 16.0 Å². The zero-order valence-electron chi connectivity index (χ0n) is 8.14. The van der Waals surface area contributed by atoms with Gasteiger partial charge < -0.3 is 5.73 Å². The predicted octanol–water partition coefficient (Wildman–Crippen LogP) is 1.52. The number of benzene rings is 1. The molecule has 1 heterocycles. The number of rotatable bonds is 2. The Morgan fingerprint density at radius 1 is 1.29 bits per heavy atom. The standard InChI is InChI=1S/C11H13N3/c1-8(12)6-11-9-4-2-3-5-10(9)13-7-14-11/h2-5,7-8H,6,12H2,1H3. The second-order valence-electron chi connectivity index (χ2n) is 3.52. The highest BCUT2D eigenvalue weighted by Crippen LogP contribution is 2.14. The van der Waals surface area contributed by atoms with Gasteiger partial charge in [0.15, 0.2) is 0 Å². The molecule has 2 N–H and O–H groups in total. The number of fused-ring (bicyclic) bond motifs is 1. The molecule has 2 rings (SSSR count). The molecule has 0 spiro atoms. The van der Waals surface area contributed by atoms with E-state index in [0.29, 0.717) is 0 Å². The normalized spacial score (nSPS) is 13.0. The third-order valence-corrected chi connectivity index (χ3v) is 2.14. The zero-order chi connectivity index (χ0) is 9.97. The summed E-state index contributed by atoms with van der Waals surface area (Å²) in [5, 5.41) is 1.10. The fraction of sp³-hybridized carbons (Fsp3) is 0.273. The number of hydrogen-bond donors (Lipinski definition) is 1. The number of para-hydroxylation sites is 1. The van der Waals surface area contributed by atoms with Crippen molar-refractivity contribution in [3.8, 4) is 0 Å². The zero-order valence-corrected chi connectivity index (χ0v) is 8.14. The van der Waals surface area contributed by atoms with Gasteiger partial charge in [-0.3, -0.25) is 0 Å². The van der Waals surface area contributed by atoms with Crippen molar-refractivity contribution >= 4 is 10.9 Å². The third-order valence-electron chi connectivity index (χ3n) is 2.14. The minimum atomic E-state index is 0.133. The molecule has 0 radical (unpaired) electrons. The Morgan fingerprint density at radius 2 is 2.07 bits per heavy atom. The van der Waals surface area contributed by atoms with E-state index in [1.807, 2.05) is 31.2 Å². The van der Waals surface area contributed by atoms with Gasteiger partial charge in [-0.05, 0) is 13.0 Å². The molecule has 2 aromatic rings. The lowest BCUT2D eigenvalue weighted by atomic mass is 10.1. The van der Waals surface area contributed by atoms with Gasteiger partial charge in [0.2, 0.25) is 0 Å². The molecule has 1 atom stereocenters. The summed E-state index contributed by atoms with van der Waals surface area (Å²) in [7, 11) is 0. The SMILES string of the molecule is CC(N)Cc1ncnc2ccccc12. The van der Waals surface area contributed by atoms with E-state index in [-0.39, 0.29) is 6.04 Å². The highest BCUT2D eigenvalue weighted by molar-refractivity contribution is 5.80. The summed E-state index contributed by atoms with van der Waals surface area (Å²) in [5.41, 5.74) is 7.77. The van der Waals surface area contributed by atoms with Crippen molar-refractivity contribution in [2.45, 2.75) is 19.4 Å². The van der Waals surface area contributed by atoms with Gasteiger partial charge in [-0.15, -0.1) is 0 Å². The summed E-state index contributed by atoms with van der Waals surface area (Å²) in [4.78, 5) is 8.45. The average molecular weight is 187 g/mol. The molecule has 0 aliphatic heterocycles. The minimum Gasteiger partial charge on any atom is -0.328 e. The molecule has 3 heteroatoms. The Morgan fingerprint density at radius 3 is 2.86 bits per heavy atom. The van der Waals surface area contributed by atoms with Gasteiger partial charge in [0, 0.05) is 17.8 Å². The minimum absolute atomic E-state index is 0.133. The van der Waals surface area contributed by atoms with Gasteiger partial charge in [-0.25, -0.2) is 9.97 Å². The molecule has 14 heavy (non-hydrogen) atoms. The Hall–Kier alpha value is -1.48. The van der Waals surface area contributed by atoms with Crippen LogP contribution in [0.25, 0.3) is 10.9 Å². The van der Waals surface area contributed by atoms with Crippen molar-refractivity contribution in [2.24, 2.45) is 5.73 Å². The van der Waals surface area contributed by atoms with Crippen LogP contribution in [0.1, 0.15) is 12.6 Å². The van der Waals surface area contributed by atoms with Crippen molar-refractivity contribution in [2.75, 3.05) is 0 Å². The molecule has 0 saturated carbocycles. The van der Waals surface area contributed by atoms with Crippen LogP contribution < -0.4 is 5.73 Å². The van der Waals surface area contributed by atoms with E-state index in [0.717, 1.165) is 23.0 Å². The van der Waals surface area contributed by atoms with Gasteiger partial charge in [0.1, 0.15) is 6.33 Å². The topological polar surface area (TPSA) is 51.8 Å². The first kappa shape index (κ1) is 9.09. The number of aromatic nitrogens is 2. The molecule has 1 aromatic carbocycles. The number of hydrogen-bond acceptors (Lipinski definition) is 3. The Bertz CT molecular complexity index is 432. The quantitative estimate of drug-likeness (QED) is 0.775. The van der Waals surface area contributed by atoms with Crippen molar-refractivity contribution in [3.05, 3.63) is 36.3 Å². The molecule has 72 valence electrons. The highest BCUT2D eigenvalue weighted by Gasteiger charge is 2.04. The van der Waals surface area contributed by atoms with E-state index in [1.165, 1.54) is 0 Å². The first-order chi connectivity index (χ1) is 6.77. The van der Waals surface area contributed by atoms with E-state index >= 15 is 0 Å². The van der Waals surface area contributed by atoms with Crippen LogP contribution in [0.5, 0.6) is 0 Å². The third kappa shape index (κ3) is 1.72. The van der Waals surface area contributed by atoms with Crippen LogP contribution in [0.3, 0.4) is 0 Å². The van der Waals surface area contributed by atoms with Gasteiger partial charge in [0.25, 0.3) is 0 Å². The fourth-order valence-corrected chi connectivity index (χ4v) is 1.53. The molecule has 0 fully saturated rings. The largest absolute Gasteiger partial charge is 0.328 e. The Balaban J connectivity index is 2.53. The van der Waals surface area contributed by atoms with Gasteiger partial charge in [-0.1, -0.05) is 18.2 Å². The van der Waals surface area contributed by atoms with Gasteiger partial charge in [0.05, 0.1) is 11.2 Å². The number of nitrogens with two attached hydrogens (primary N) is 1. The maximum Gasteiger partial charge on any atom is 0.116 e. The Kier molecular flexibility index (Phi) is 2.41. The summed E-state index contributed by atoms with van der Waals surface area (Å²) in [6, 6.07) is 8.13. The van der Waals surface area contributed by atoms with Crippen molar-refractivity contribution in [1.82, 2.24) is 9.97 Å². The first-order valence-corrected chi connectivity index (χ1v) is 4.71. The molecular formula is C11H13N3. The van der Waals surface area contributed by atoms with Crippen LogP contribution in [0.15, 0.2) is 30.6 Å². The highest BCUT2D eigenvalue weighted by atomic mass is 14.8. The lowest BCUT2D eigenvalue weighted by Crippen LogP contribution is -2.18. The molecule has 0 aliphatic carbocycles. The van der Waals surface area contributed by atoms with E-state index in [2.05, 4.69) is 9.97 Å². The van der Waals surface area contributed by atoms with Crippen molar-refractivity contribution in [1.29, 1.82) is 0 Å². The average Bonchev–Trinajstić information content (AvgIpc) is 2.18. The summed E-state index contributed by atoms with van der Waals surface area (Å²) >= 11 is 0. The predicted molar refractivity (Wildman–Crippen MR) is 56.9 cm³/mol. The van der Waals surface area contributed by atoms with Gasteiger partial charge >= 0.3 is 0 Å². The van der Waals surface area contributed by atoms with Crippen LogP contribution in [-0.2, 0) is 6.42 Å². The second-order valence-corrected chi connectivity index (χ2v) is 3.52. The van der Waals surface area contributed by atoms with E-state index in [4.69, 9.17) is 5.73 Å². The molecule has 0 aliphatic rings. The monoisotopic (exact) mass is 187 g/mol. The van der Waals surface area contributed by atoms with Crippen LogP contribution in [0.4, 0.5) is 0 Å². The molecule has 0 saturated heterocycles. The van der Waals surface area contributed by atoms with Crippen molar-refractivity contribution < 1.29 is 0 Å². The summed E-state index contributed by atoms with van der Waals surface area (Å²) < 4.78 is 0. The van der Waals surface area contributed by atoms with E-state index in [1.54, 1.807) is 6.33 Å². The molecule has 1 unspecified atom stereocenters. The smallest absolute Gasteiger partial charge is 0.116 e. The number of nitrogens with zero attached hydrogens (tertiary/aromatic N) is 2. The van der Waals surface area contributed by atoms with Crippen LogP contribution >= 0.6 is 0 Å². The fourth-order valence-electron chi connectivity index (χ4n) is 1.53. The molecule has 0 bridgehead atoms. The molecule has 1 aromatic heterocycles. The van der Waals surface area contributed by atoms with Crippen LogP contribution in [0, 0.1) is 0 Å². The molecule has 0 amide bonds. The van der Waals surface area contributed by atoms with E-state index in [9.17, 15) is 0 Å². The van der Waals surface area contributed by atoms with Gasteiger partial charge in [-0.2, -0.15) is 0 Å². The first-order valence-electron chi connectivity index (χ1n) is 4.71. The van der Waals surface area contributed by atoms with Crippen molar-refractivity contribution in [3.63, 3.8) is 0 Å². The van der Waals surface area contributed by atoms with E-state index < -0.39 is 0 Å². The maximum atomic E-state index is 5.76. The lowest BCUT2D eigenvalue weighted by Gasteiger charge is -2.06. The lowest BCUT2D eigenvalue weighted by molar-refractivity contribution is 0.725. The summed E-state index contributed by atoms with van der Waals surface area (Å²) in [6.07, 6.45) is 2.39. The Labute approximate surface area is 83.0 Å². The summed E-state index contributed by atoms with van der Waals surface area (Å²) in [5.74, 6) is 0. The molecular weight excluding hydrogens is 174 g/mol. The summed E-state index contributed by atoms with van der Waals surface area (Å²) in [6.45, 7) is 1.98. The second kappa shape index (κ2) is 3.72. The van der Waals surface area contributed by atoms with Crippen LogP contribution in [0.2, 0.25) is 0 Å². The molecule has 3 nitrogen and oxygen atoms in total. The maximum absolute atomic E-state index is 5.76.